The van der Waals surface area contributed by atoms with E-state index in [0.29, 0.717) is 25.3 Å². The molecule has 0 spiro atoms. The Morgan fingerprint density at radius 3 is 2.50 bits per heavy atom. The van der Waals surface area contributed by atoms with Gasteiger partial charge in [-0.1, -0.05) is 26.0 Å². The molecule has 6 nitrogen and oxygen atoms in total. The monoisotopic (exact) mass is 414 g/mol. The fourth-order valence-electron chi connectivity index (χ4n) is 3.43. The summed E-state index contributed by atoms with van der Waals surface area (Å²) in [6.07, 6.45) is 4.44. The van der Waals surface area contributed by atoms with Gasteiger partial charge >= 0.3 is 0 Å². The number of hydrogen-bond acceptors (Lipinski definition) is 4. The molecule has 0 unspecified atom stereocenters. The van der Waals surface area contributed by atoms with Crippen molar-refractivity contribution in [2.75, 3.05) is 20.6 Å². The number of halogens is 1. The molecule has 0 saturated carbocycles. The third-order valence-electron chi connectivity index (χ3n) is 5.36. The molecule has 0 radical (unpaired) electrons. The first-order chi connectivity index (χ1) is 14.2. The molecule has 0 fully saturated rings. The lowest BCUT2D eigenvalue weighted by molar-refractivity contribution is -0.121. The summed E-state index contributed by atoms with van der Waals surface area (Å²) in [5, 5.41) is 3.01. The zero-order valence-corrected chi connectivity index (χ0v) is 18.1. The number of benzene rings is 1. The normalized spacial score (nSPS) is 13.3. The van der Waals surface area contributed by atoms with Crippen LogP contribution in [0.25, 0.3) is 0 Å². The van der Waals surface area contributed by atoms with Crippen LogP contribution in [-0.2, 0) is 11.2 Å². The maximum absolute atomic E-state index is 14.1. The van der Waals surface area contributed by atoms with Gasteiger partial charge in [-0.3, -0.25) is 14.6 Å². The van der Waals surface area contributed by atoms with E-state index in [4.69, 9.17) is 5.73 Å². The lowest BCUT2D eigenvalue weighted by atomic mass is 9.86. The summed E-state index contributed by atoms with van der Waals surface area (Å²) in [6.45, 7) is 4.62. The predicted molar refractivity (Wildman–Crippen MR) is 116 cm³/mol. The number of likely N-dealkylation sites (N-methyl/N-ethyl adjacent to an activating group) is 1. The van der Waals surface area contributed by atoms with Gasteiger partial charge in [-0.05, 0) is 61.7 Å². The first-order valence-corrected chi connectivity index (χ1v) is 10.1. The second kappa shape index (κ2) is 10.8. The molecule has 0 aliphatic rings. The zero-order chi connectivity index (χ0) is 22.3. The molecule has 0 aliphatic carbocycles. The average molecular weight is 415 g/mol. The van der Waals surface area contributed by atoms with Gasteiger partial charge in [0.2, 0.25) is 5.91 Å². The van der Waals surface area contributed by atoms with E-state index in [-0.39, 0.29) is 23.4 Å². The van der Waals surface area contributed by atoms with E-state index < -0.39 is 11.7 Å². The largest absolute Gasteiger partial charge is 0.366 e. The van der Waals surface area contributed by atoms with Gasteiger partial charge < -0.3 is 16.0 Å². The van der Waals surface area contributed by atoms with Gasteiger partial charge in [-0.25, -0.2) is 4.39 Å². The van der Waals surface area contributed by atoms with Gasteiger partial charge in [-0.2, -0.15) is 0 Å². The van der Waals surface area contributed by atoms with Crippen molar-refractivity contribution in [3.63, 3.8) is 0 Å². The molecule has 30 heavy (non-hydrogen) atoms. The summed E-state index contributed by atoms with van der Waals surface area (Å²) >= 11 is 0. The Morgan fingerprint density at radius 1 is 1.23 bits per heavy atom. The van der Waals surface area contributed by atoms with Crippen molar-refractivity contribution in [3.05, 3.63) is 65.2 Å². The van der Waals surface area contributed by atoms with Crippen LogP contribution in [-0.4, -0.2) is 48.4 Å². The number of pyridine rings is 1. The SMILES string of the molecule is CC(C)[C@@H](CC(=O)NC[C@H](Cc1ccc(C(N)=O)c(F)c1)N(C)C)c1cccnc1. The molecular formula is C23H31FN4O2. The molecule has 3 N–H and O–H groups in total. The molecule has 0 bridgehead atoms. The summed E-state index contributed by atoms with van der Waals surface area (Å²) < 4.78 is 14.1. The molecule has 1 heterocycles. The van der Waals surface area contributed by atoms with E-state index in [0.717, 1.165) is 11.1 Å². The molecule has 1 aromatic carbocycles. The van der Waals surface area contributed by atoms with Gasteiger partial charge in [0.05, 0.1) is 5.56 Å². The quantitative estimate of drug-likeness (QED) is 0.626. The molecule has 2 rings (SSSR count). The number of nitrogens with one attached hydrogen (secondary N) is 1. The summed E-state index contributed by atoms with van der Waals surface area (Å²) in [5.74, 6) is -1.05. The Balaban J connectivity index is 1.99. The van der Waals surface area contributed by atoms with Crippen LogP contribution in [0.4, 0.5) is 4.39 Å². The average Bonchev–Trinajstić information content (AvgIpc) is 2.69. The van der Waals surface area contributed by atoms with Crippen LogP contribution in [0, 0.1) is 11.7 Å². The Kier molecular flexibility index (Phi) is 8.47. The number of aromatic nitrogens is 1. The van der Waals surface area contributed by atoms with Crippen LogP contribution >= 0.6 is 0 Å². The van der Waals surface area contributed by atoms with Crippen LogP contribution in [0.5, 0.6) is 0 Å². The fourth-order valence-corrected chi connectivity index (χ4v) is 3.43. The van der Waals surface area contributed by atoms with Gasteiger partial charge in [0.15, 0.2) is 0 Å². The number of primary amides is 1. The van der Waals surface area contributed by atoms with Crippen molar-refractivity contribution in [1.29, 1.82) is 0 Å². The standard InChI is InChI=1S/C23H31FN4O2/c1-15(2)20(17-6-5-9-26-13-17)12-22(29)27-14-18(28(3)4)10-16-7-8-19(23(25)30)21(24)11-16/h5-9,11,13,15,18,20H,10,12,14H2,1-4H3,(H2,25,30)(H,27,29)/t18-,20+/m0/s1. The maximum Gasteiger partial charge on any atom is 0.251 e. The number of nitrogens with two attached hydrogens (primary N) is 1. The third kappa shape index (κ3) is 6.62. The van der Waals surface area contributed by atoms with Crippen molar-refractivity contribution in [2.45, 2.75) is 38.6 Å². The van der Waals surface area contributed by atoms with Crippen molar-refractivity contribution in [2.24, 2.45) is 11.7 Å². The summed E-state index contributed by atoms with van der Waals surface area (Å²) in [6, 6.07) is 8.28. The lowest BCUT2D eigenvalue weighted by Crippen LogP contribution is -2.42. The fraction of sp³-hybridized carbons (Fsp3) is 0.435. The molecule has 2 aromatic rings. The van der Waals surface area contributed by atoms with Gasteiger partial charge in [0.25, 0.3) is 5.91 Å². The van der Waals surface area contributed by atoms with Crippen molar-refractivity contribution in [1.82, 2.24) is 15.2 Å². The zero-order valence-electron chi connectivity index (χ0n) is 18.1. The van der Waals surface area contributed by atoms with E-state index in [1.807, 2.05) is 37.3 Å². The Morgan fingerprint density at radius 2 is 1.97 bits per heavy atom. The number of hydrogen-bond donors (Lipinski definition) is 2. The lowest BCUT2D eigenvalue weighted by Gasteiger charge is -2.26. The van der Waals surface area contributed by atoms with Crippen molar-refractivity contribution < 1.29 is 14.0 Å². The number of nitrogens with zero attached hydrogens (tertiary/aromatic N) is 2. The number of rotatable bonds is 10. The van der Waals surface area contributed by atoms with E-state index in [9.17, 15) is 14.0 Å². The highest BCUT2D eigenvalue weighted by atomic mass is 19.1. The minimum Gasteiger partial charge on any atom is -0.366 e. The van der Waals surface area contributed by atoms with E-state index in [1.54, 1.807) is 12.3 Å². The number of amides is 2. The first-order valence-electron chi connectivity index (χ1n) is 10.1. The molecule has 162 valence electrons. The van der Waals surface area contributed by atoms with Crippen LogP contribution in [0.3, 0.4) is 0 Å². The van der Waals surface area contributed by atoms with Gasteiger partial charge in [0, 0.05) is 31.4 Å². The predicted octanol–water partition coefficient (Wildman–Crippen LogP) is 2.74. The molecule has 2 atom stereocenters. The Hall–Kier alpha value is -2.80. The minimum absolute atomic E-state index is 0.0244. The summed E-state index contributed by atoms with van der Waals surface area (Å²) in [4.78, 5) is 30.0. The van der Waals surface area contributed by atoms with Crippen molar-refractivity contribution >= 4 is 11.8 Å². The van der Waals surface area contributed by atoms with E-state index in [1.165, 1.54) is 12.1 Å². The molecule has 1 aromatic heterocycles. The Bertz CT molecular complexity index is 856. The number of carbonyl (C=O) groups excluding carboxylic acids is 2. The molecule has 2 amide bonds. The highest BCUT2D eigenvalue weighted by molar-refractivity contribution is 5.93. The number of carbonyl (C=O) groups is 2. The molecule has 0 aliphatic heterocycles. The minimum atomic E-state index is -0.788. The second-order valence-corrected chi connectivity index (χ2v) is 8.15. The molecule has 7 heteroatoms. The second-order valence-electron chi connectivity index (χ2n) is 8.15. The third-order valence-corrected chi connectivity index (χ3v) is 5.36. The first kappa shape index (κ1) is 23.5. The van der Waals surface area contributed by atoms with Crippen LogP contribution < -0.4 is 11.1 Å². The van der Waals surface area contributed by atoms with Crippen LogP contribution in [0.2, 0.25) is 0 Å². The van der Waals surface area contributed by atoms with Crippen LogP contribution in [0.15, 0.2) is 42.7 Å². The topological polar surface area (TPSA) is 88.3 Å². The highest BCUT2D eigenvalue weighted by Gasteiger charge is 2.21. The van der Waals surface area contributed by atoms with Gasteiger partial charge in [0.1, 0.15) is 5.82 Å². The van der Waals surface area contributed by atoms with E-state index >= 15 is 0 Å². The van der Waals surface area contributed by atoms with Crippen molar-refractivity contribution in [3.8, 4) is 0 Å². The summed E-state index contributed by atoms with van der Waals surface area (Å²) in [7, 11) is 3.83. The van der Waals surface area contributed by atoms with Crippen LogP contribution in [0.1, 0.15) is 47.7 Å². The Labute approximate surface area is 177 Å². The molecule has 0 saturated heterocycles. The maximum atomic E-state index is 14.1. The van der Waals surface area contributed by atoms with Gasteiger partial charge in [-0.15, -0.1) is 0 Å². The smallest absolute Gasteiger partial charge is 0.251 e. The summed E-state index contributed by atoms with van der Waals surface area (Å²) in [5.41, 5.74) is 6.83. The van der Waals surface area contributed by atoms with E-state index in [2.05, 4.69) is 24.1 Å². The molecular weight excluding hydrogens is 383 g/mol. The highest BCUT2D eigenvalue weighted by Crippen LogP contribution is 2.27.